The molecule has 2 aromatic heterocycles. The Labute approximate surface area is 133 Å². The number of carboxylic acid groups (broad SMARTS) is 1. The van der Waals surface area contributed by atoms with Gasteiger partial charge >= 0.3 is 5.97 Å². The highest BCUT2D eigenvalue weighted by Crippen LogP contribution is 2.34. The Morgan fingerprint density at radius 2 is 1.95 bits per heavy atom. The molecule has 0 aliphatic heterocycles. The third kappa shape index (κ3) is 2.91. The fraction of sp³-hybridized carbons (Fsp3) is 0. The van der Waals surface area contributed by atoms with Gasteiger partial charge < -0.3 is 5.11 Å². The largest absolute Gasteiger partial charge is 0.478 e. The number of hydrogen-bond donors (Lipinski definition) is 1. The molecule has 0 unspecified atom stereocenters. The third-order valence-corrected chi connectivity index (χ3v) is 4.40. The van der Waals surface area contributed by atoms with Crippen molar-refractivity contribution in [1.82, 2.24) is 9.97 Å². The summed E-state index contributed by atoms with van der Waals surface area (Å²) in [6.45, 7) is 0. The fourth-order valence-electron chi connectivity index (χ4n) is 1.91. The van der Waals surface area contributed by atoms with Crippen LogP contribution in [0.15, 0.2) is 63.1 Å². The first-order valence-corrected chi connectivity index (χ1v) is 7.66. The lowest BCUT2D eigenvalue weighted by Gasteiger charge is -2.07. The van der Waals surface area contributed by atoms with Gasteiger partial charge in [-0.1, -0.05) is 23.9 Å². The van der Waals surface area contributed by atoms with E-state index in [1.807, 2.05) is 18.2 Å². The Balaban J connectivity index is 2.09. The molecular weight excluding hydrogens is 352 g/mol. The van der Waals surface area contributed by atoms with Crippen LogP contribution in [0.1, 0.15) is 10.4 Å². The van der Waals surface area contributed by atoms with E-state index < -0.39 is 5.97 Å². The summed E-state index contributed by atoms with van der Waals surface area (Å²) >= 11 is 4.75. The van der Waals surface area contributed by atoms with E-state index >= 15 is 0 Å². The third-order valence-electron chi connectivity index (χ3n) is 2.84. The topological polar surface area (TPSA) is 63.1 Å². The van der Waals surface area contributed by atoms with Crippen molar-refractivity contribution in [3.8, 4) is 0 Å². The van der Waals surface area contributed by atoms with E-state index in [4.69, 9.17) is 0 Å². The van der Waals surface area contributed by atoms with Gasteiger partial charge in [-0.25, -0.2) is 4.79 Å². The average molecular weight is 361 g/mol. The Bertz CT molecular complexity index is 839. The Morgan fingerprint density at radius 3 is 2.76 bits per heavy atom. The normalized spacial score (nSPS) is 10.7. The molecule has 0 bridgehead atoms. The molecule has 1 aromatic carbocycles. The highest BCUT2D eigenvalue weighted by atomic mass is 79.9. The molecule has 21 heavy (non-hydrogen) atoms. The molecule has 0 fully saturated rings. The smallest absolute Gasteiger partial charge is 0.336 e. The van der Waals surface area contributed by atoms with E-state index in [0.717, 1.165) is 20.4 Å². The minimum absolute atomic E-state index is 0.282. The highest BCUT2D eigenvalue weighted by Gasteiger charge is 2.12. The first kappa shape index (κ1) is 14.0. The number of carbonyl (C=O) groups is 1. The van der Waals surface area contributed by atoms with Crippen molar-refractivity contribution in [3.05, 3.63) is 58.8 Å². The number of rotatable bonds is 3. The summed E-state index contributed by atoms with van der Waals surface area (Å²) < 4.78 is 0.857. The minimum Gasteiger partial charge on any atom is -0.478 e. The predicted molar refractivity (Wildman–Crippen MR) is 84.8 cm³/mol. The monoisotopic (exact) mass is 360 g/mol. The van der Waals surface area contributed by atoms with Gasteiger partial charge in [-0.15, -0.1) is 0 Å². The summed E-state index contributed by atoms with van der Waals surface area (Å²) in [4.78, 5) is 21.5. The van der Waals surface area contributed by atoms with Crippen molar-refractivity contribution >= 4 is 44.7 Å². The maximum atomic E-state index is 11.3. The van der Waals surface area contributed by atoms with E-state index in [-0.39, 0.29) is 5.56 Å². The van der Waals surface area contributed by atoms with Crippen molar-refractivity contribution in [2.24, 2.45) is 0 Å². The highest BCUT2D eigenvalue weighted by molar-refractivity contribution is 9.10. The number of aromatic nitrogens is 2. The van der Waals surface area contributed by atoms with E-state index in [1.165, 1.54) is 11.8 Å². The van der Waals surface area contributed by atoms with Crippen molar-refractivity contribution in [2.75, 3.05) is 0 Å². The van der Waals surface area contributed by atoms with Crippen LogP contribution in [0.25, 0.3) is 11.0 Å². The second-order valence-corrected chi connectivity index (χ2v) is 6.23. The molecule has 0 aliphatic rings. The number of aromatic carboxylic acids is 1. The van der Waals surface area contributed by atoms with Crippen LogP contribution < -0.4 is 0 Å². The van der Waals surface area contributed by atoms with Gasteiger partial charge in [-0.2, -0.15) is 0 Å². The van der Waals surface area contributed by atoms with Crippen LogP contribution >= 0.6 is 27.7 Å². The summed E-state index contributed by atoms with van der Waals surface area (Å²) in [5.74, 6) is -0.938. The molecular formula is C15H9BrN2O2S. The second kappa shape index (κ2) is 5.83. The zero-order valence-electron chi connectivity index (χ0n) is 10.7. The van der Waals surface area contributed by atoms with Gasteiger partial charge in [-0.3, -0.25) is 9.97 Å². The van der Waals surface area contributed by atoms with Gasteiger partial charge in [0, 0.05) is 26.7 Å². The SMILES string of the molecule is O=C(O)c1ccccc1Sc1ccnc2cc(Br)cnc12. The maximum absolute atomic E-state index is 11.3. The predicted octanol–water partition coefficient (Wildman–Crippen LogP) is 4.24. The lowest BCUT2D eigenvalue weighted by Crippen LogP contribution is -1.98. The van der Waals surface area contributed by atoms with Gasteiger partial charge in [-0.05, 0) is 40.2 Å². The Hall–Kier alpha value is -1.92. The van der Waals surface area contributed by atoms with Crippen LogP contribution in [-0.4, -0.2) is 21.0 Å². The number of pyridine rings is 2. The van der Waals surface area contributed by atoms with Crippen LogP contribution in [0.5, 0.6) is 0 Å². The summed E-state index contributed by atoms with van der Waals surface area (Å²) in [5.41, 5.74) is 1.80. The molecule has 3 rings (SSSR count). The van der Waals surface area contributed by atoms with E-state index in [0.29, 0.717) is 4.90 Å². The quantitative estimate of drug-likeness (QED) is 0.756. The summed E-state index contributed by atoms with van der Waals surface area (Å²) in [6, 6.07) is 10.6. The van der Waals surface area contributed by atoms with Crippen LogP contribution in [0.2, 0.25) is 0 Å². The minimum atomic E-state index is -0.938. The van der Waals surface area contributed by atoms with Crippen LogP contribution in [-0.2, 0) is 0 Å². The van der Waals surface area contributed by atoms with Gasteiger partial charge in [0.1, 0.15) is 5.52 Å². The lowest BCUT2D eigenvalue weighted by atomic mass is 10.2. The molecule has 1 N–H and O–H groups in total. The molecule has 0 atom stereocenters. The molecule has 0 radical (unpaired) electrons. The Morgan fingerprint density at radius 1 is 1.14 bits per heavy atom. The molecule has 0 amide bonds. The number of hydrogen-bond acceptors (Lipinski definition) is 4. The van der Waals surface area contributed by atoms with E-state index in [9.17, 15) is 9.90 Å². The van der Waals surface area contributed by atoms with Crippen molar-refractivity contribution in [2.45, 2.75) is 9.79 Å². The number of carboxylic acids is 1. The summed E-state index contributed by atoms with van der Waals surface area (Å²) in [7, 11) is 0. The van der Waals surface area contributed by atoms with Crippen LogP contribution in [0.4, 0.5) is 0 Å². The Kier molecular flexibility index (Phi) is 3.90. The van der Waals surface area contributed by atoms with Gasteiger partial charge in [0.25, 0.3) is 0 Å². The average Bonchev–Trinajstić information content (AvgIpc) is 2.47. The first-order chi connectivity index (χ1) is 10.1. The summed E-state index contributed by atoms with van der Waals surface area (Å²) in [5, 5.41) is 9.25. The number of fused-ring (bicyclic) bond motifs is 1. The molecule has 2 heterocycles. The van der Waals surface area contributed by atoms with Crippen LogP contribution in [0.3, 0.4) is 0 Å². The zero-order chi connectivity index (χ0) is 14.8. The molecule has 4 nitrogen and oxygen atoms in total. The standard InChI is InChI=1S/C15H9BrN2O2S/c16-9-7-11-14(18-8-9)13(5-6-17-11)21-12-4-2-1-3-10(12)15(19)20/h1-8H,(H,19,20). The molecule has 0 saturated carbocycles. The van der Waals surface area contributed by atoms with Gasteiger partial charge in [0.05, 0.1) is 11.1 Å². The van der Waals surface area contributed by atoms with Crippen LogP contribution in [0, 0.1) is 0 Å². The molecule has 6 heteroatoms. The van der Waals surface area contributed by atoms with Gasteiger partial charge in [0.2, 0.25) is 0 Å². The van der Waals surface area contributed by atoms with E-state index in [1.54, 1.807) is 30.6 Å². The van der Waals surface area contributed by atoms with E-state index in [2.05, 4.69) is 25.9 Å². The molecule has 0 aliphatic carbocycles. The first-order valence-electron chi connectivity index (χ1n) is 6.05. The second-order valence-electron chi connectivity index (χ2n) is 4.23. The lowest BCUT2D eigenvalue weighted by molar-refractivity contribution is 0.0693. The number of nitrogens with zero attached hydrogens (tertiary/aromatic N) is 2. The molecule has 0 saturated heterocycles. The molecule has 3 aromatic rings. The van der Waals surface area contributed by atoms with Crippen molar-refractivity contribution in [3.63, 3.8) is 0 Å². The van der Waals surface area contributed by atoms with Gasteiger partial charge in [0.15, 0.2) is 0 Å². The molecule has 104 valence electrons. The molecule has 0 spiro atoms. The van der Waals surface area contributed by atoms with Crippen molar-refractivity contribution < 1.29 is 9.90 Å². The fourth-order valence-corrected chi connectivity index (χ4v) is 3.27. The number of halogens is 1. The summed E-state index contributed by atoms with van der Waals surface area (Å²) in [6.07, 6.45) is 3.40. The zero-order valence-corrected chi connectivity index (χ0v) is 13.1. The maximum Gasteiger partial charge on any atom is 0.336 e. The van der Waals surface area contributed by atoms with Crippen molar-refractivity contribution in [1.29, 1.82) is 0 Å². The number of benzene rings is 1.